The molecule has 2 nitrogen and oxygen atoms in total. The molecule has 1 aromatic rings. The largest absolute Gasteiger partial charge is 0.393 e. The van der Waals surface area contributed by atoms with Gasteiger partial charge in [0.2, 0.25) is 0 Å². The van der Waals surface area contributed by atoms with Gasteiger partial charge in [-0.2, -0.15) is 0 Å². The maximum absolute atomic E-state index is 10.3. The Kier molecular flexibility index (Phi) is 4.42. The highest BCUT2D eigenvalue weighted by Gasteiger charge is 2.36. The molecule has 0 aromatic heterocycles. The van der Waals surface area contributed by atoms with E-state index in [-0.39, 0.29) is 6.10 Å². The molecule has 0 bridgehead atoms. The van der Waals surface area contributed by atoms with Crippen molar-refractivity contribution in [1.82, 2.24) is 4.90 Å². The summed E-state index contributed by atoms with van der Waals surface area (Å²) in [6.45, 7) is 4.46. The zero-order valence-electron chi connectivity index (χ0n) is 12.6. The first-order valence-corrected chi connectivity index (χ1v) is 8.22. The molecule has 3 unspecified atom stereocenters. The Balaban J connectivity index is 1.74. The van der Waals surface area contributed by atoms with Gasteiger partial charge in [0.05, 0.1) is 6.10 Å². The molecule has 0 spiro atoms. The maximum atomic E-state index is 10.3. The van der Waals surface area contributed by atoms with Crippen LogP contribution in [0.5, 0.6) is 0 Å². The molecule has 0 radical (unpaired) electrons. The second-order valence-corrected chi connectivity index (χ2v) is 6.62. The SMILES string of the molecule is Cc1ccccc1CN1CCCCC1C1CCCC1O. The Morgan fingerprint density at radius 1 is 1.10 bits per heavy atom. The lowest BCUT2D eigenvalue weighted by Gasteiger charge is -2.40. The van der Waals surface area contributed by atoms with Crippen LogP contribution in [0, 0.1) is 12.8 Å². The van der Waals surface area contributed by atoms with Gasteiger partial charge in [-0.1, -0.05) is 37.1 Å². The Labute approximate surface area is 122 Å². The normalized spacial score (nSPS) is 31.6. The summed E-state index contributed by atoms with van der Waals surface area (Å²) in [6.07, 6.45) is 7.30. The molecule has 1 aliphatic carbocycles. The minimum atomic E-state index is -0.0579. The predicted octanol–water partition coefficient (Wildman–Crippen LogP) is 3.51. The van der Waals surface area contributed by atoms with E-state index in [1.807, 2.05) is 0 Å². The lowest BCUT2D eigenvalue weighted by Crippen LogP contribution is -2.45. The molecule has 1 saturated heterocycles. The summed E-state index contributed by atoms with van der Waals surface area (Å²) < 4.78 is 0. The first-order valence-electron chi connectivity index (χ1n) is 8.22. The van der Waals surface area contributed by atoms with Gasteiger partial charge in [-0.05, 0) is 50.3 Å². The number of hydrogen-bond donors (Lipinski definition) is 1. The van der Waals surface area contributed by atoms with Crippen LogP contribution in [0.3, 0.4) is 0 Å². The first-order chi connectivity index (χ1) is 9.75. The number of nitrogens with zero attached hydrogens (tertiary/aromatic N) is 1. The van der Waals surface area contributed by atoms with Crippen LogP contribution >= 0.6 is 0 Å². The van der Waals surface area contributed by atoms with Crippen LogP contribution in [-0.4, -0.2) is 28.7 Å². The van der Waals surface area contributed by atoms with Crippen LogP contribution < -0.4 is 0 Å². The fourth-order valence-corrected chi connectivity index (χ4v) is 4.12. The smallest absolute Gasteiger partial charge is 0.0583 e. The molecule has 2 heteroatoms. The van der Waals surface area contributed by atoms with E-state index in [2.05, 4.69) is 36.1 Å². The van der Waals surface area contributed by atoms with E-state index >= 15 is 0 Å². The second-order valence-electron chi connectivity index (χ2n) is 6.62. The fraction of sp³-hybridized carbons (Fsp3) is 0.667. The van der Waals surface area contributed by atoms with Gasteiger partial charge in [0.25, 0.3) is 0 Å². The van der Waals surface area contributed by atoms with Crippen LogP contribution in [-0.2, 0) is 6.54 Å². The summed E-state index contributed by atoms with van der Waals surface area (Å²) in [6, 6.07) is 9.32. The van der Waals surface area contributed by atoms with Gasteiger partial charge in [-0.3, -0.25) is 4.90 Å². The maximum Gasteiger partial charge on any atom is 0.0583 e. The molecule has 2 fully saturated rings. The molecule has 3 atom stereocenters. The van der Waals surface area contributed by atoms with Crippen molar-refractivity contribution in [2.75, 3.05) is 6.54 Å². The van der Waals surface area contributed by atoms with E-state index in [1.54, 1.807) is 0 Å². The highest BCUT2D eigenvalue weighted by Crippen LogP contribution is 2.35. The molecule has 1 N–H and O–H groups in total. The third kappa shape index (κ3) is 2.91. The Bertz CT molecular complexity index is 445. The topological polar surface area (TPSA) is 23.5 Å². The average molecular weight is 273 g/mol. The van der Waals surface area contributed by atoms with Crippen molar-refractivity contribution in [2.45, 2.75) is 64.1 Å². The van der Waals surface area contributed by atoms with E-state index in [0.29, 0.717) is 12.0 Å². The Hall–Kier alpha value is -0.860. The van der Waals surface area contributed by atoms with Gasteiger partial charge in [0, 0.05) is 18.5 Å². The third-order valence-electron chi connectivity index (χ3n) is 5.32. The second kappa shape index (κ2) is 6.28. The quantitative estimate of drug-likeness (QED) is 0.911. The van der Waals surface area contributed by atoms with Gasteiger partial charge in [-0.25, -0.2) is 0 Å². The van der Waals surface area contributed by atoms with E-state index in [0.717, 1.165) is 13.0 Å². The van der Waals surface area contributed by atoms with Crippen molar-refractivity contribution >= 4 is 0 Å². The molecule has 1 aromatic carbocycles. The van der Waals surface area contributed by atoms with Crippen LogP contribution in [0.15, 0.2) is 24.3 Å². The molecule has 0 amide bonds. The molecular formula is C18H27NO. The van der Waals surface area contributed by atoms with Crippen LogP contribution in [0.25, 0.3) is 0 Å². The zero-order chi connectivity index (χ0) is 13.9. The number of hydrogen-bond acceptors (Lipinski definition) is 2. The van der Waals surface area contributed by atoms with Gasteiger partial charge in [0.15, 0.2) is 0 Å². The van der Waals surface area contributed by atoms with Crippen molar-refractivity contribution in [1.29, 1.82) is 0 Å². The summed E-state index contributed by atoms with van der Waals surface area (Å²) in [7, 11) is 0. The zero-order valence-corrected chi connectivity index (χ0v) is 12.6. The van der Waals surface area contributed by atoms with Crippen molar-refractivity contribution in [3.05, 3.63) is 35.4 Å². The lowest BCUT2D eigenvalue weighted by molar-refractivity contribution is 0.0312. The monoisotopic (exact) mass is 273 g/mol. The van der Waals surface area contributed by atoms with Crippen molar-refractivity contribution < 1.29 is 5.11 Å². The van der Waals surface area contributed by atoms with Gasteiger partial charge >= 0.3 is 0 Å². The van der Waals surface area contributed by atoms with E-state index in [9.17, 15) is 5.11 Å². The number of benzene rings is 1. The van der Waals surface area contributed by atoms with Crippen molar-refractivity contribution in [3.63, 3.8) is 0 Å². The Morgan fingerprint density at radius 3 is 2.70 bits per heavy atom. The van der Waals surface area contributed by atoms with Crippen LogP contribution in [0.4, 0.5) is 0 Å². The standard InChI is InChI=1S/C18H27NO/c1-14-7-2-3-8-15(14)13-19-12-5-4-10-17(19)16-9-6-11-18(16)20/h2-3,7-8,16-18,20H,4-6,9-13H2,1H3. The highest BCUT2D eigenvalue weighted by molar-refractivity contribution is 5.25. The Morgan fingerprint density at radius 2 is 1.95 bits per heavy atom. The fourth-order valence-electron chi connectivity index (χ4n) is 4.12. The number of likely N-dealkylation sites (tertiary alicyclic amines) is 1. The molecule has 2 aliphatic rings. The number of aliphatic hydroxyl groups excluding tert-OH is 1. The summed E-state index contributed by atoms with van der Waals surface area (Å²) in [4.78, 5) is 2.64. The average Bonchev–Trinajstić information content (AvgIpc) is 2.88. The van der Waals surface area contributed by atoms with E-state index in [4.69, 9.17) is 0 Å². The first kappa shape index (κ1) is 14.1. The predicted molar refractivity (Wildman–Crippen MR) is 82.6 cm³/mol. The molecule has 110 valence electrons. The van der Waals surface area contributed by atoms with Crippen molar-refractivity contribution in [2.24, 2.45) is 5.92 Å². The molecule has 1 aliphatic heterocycles. The van der Waals surface area contributed by atoms with Crippen LogP contribution in [0.1, 0.15) is 49.7 Å². The van der Waals surface area contributed by atoms with E-state index in [1.165, 1.54) is 49.8 Å². The van der Waals surface area contributed by atoms with E-state index < -0.39 is 0 Å². The highest BCUT2D eigenvalue weighted by atomic mass is 16.3. The summed E-state index contributed by atoms with van der Waals surface area (Å²) in [5.41, 5.74) is 2.84. The molecule has 3 rings (SSSR count). The lowest BCUT2D eigenvalue weighted by atomic mass is 9.87. The van der Waals surface area contributed by atoms with Gasteiger partial charge in [0.1, 0.15) is 0 Å². The van der Waals surface area contributed by atoms with Gasteiger partial charge in [-0.15, -0.1) is 0 Å². The number of rotatable bonds is 3. The molecule has 20 heavy (non-hydrogen) atoms. The number of piperidine rings is 1. The number of aliphatic hydroxyl groups is 1. The summed E-state index contributed by atoms with van der Waals surface area (Å²) in [5, 5.41) is 10.3. The molecule has 1 saturated carbocycles. The van der Waals surface area contributed by atoms with Crippen molar-refractivity contribution in [3.8, 4) is 0 Å². The molecular weight excluding hydrogens is 246 g/mol. The molecule has 1 heterocycles. The van der Waals surface area contributed by atoms with Crippen LogP contribution in [0.2, 0.25) is 0 Å². The minimum Gasteiger partial charge on any atom is -0.393 e. The number of aryl methyl sites for hydroxylation is 1. The third-order valence-corrected chi connectivity index (χ3v) is 5.32. The summed E-state index contributed by atoms with van der Waals surface area (Å²) in [5.74, 6) is 0.513. The summed E-state index contributed by atoms with van der Waals surface area (Å²) >= 11 is 0. The minimum absolute atomic E-state index is 0.0579. The van der Waals surface area contributed by atoms with Gasteiger partial charge < -0.3 is 5.11 Å².